The van der Waals surface area contributed by atoms with Crippen molar-refractivity contribution in [1.82, 2.24) is 0 Å². The van der Waals surface area contributed by atoms with Crippen LogP contribution in [0.2, 0.25) is 0 Å². The molecule has 0 saturated carbocycles. The second-order valence-electron chi connectivity index (χ2n) is 6.50. The standard InChI is InChI=1S/C25H19NO4/c27-25(28)23-13-7-8-14-24(23)26-18-15-21(29-19-9-3-1-4-10-19)17-22(16-18)30-20-11-5-2-6-12-20/h1-17,26H,(H,27,28). The molecular formula is C25H19NO4. The molecule has 0 radical (unpaired) electrons. The monoisotopic (exact) mass is 397 g/mol. The Hall–Kier alpha value is -4.25. The molecule has 0 unspecified atom stereocenters. The minimum absolute atomic E-state index is 0.178. The van der Waals surface area contributed by atoms with Crippen molar-refractivity contribution in [3.8, 4) is 23.0 Å². The quantitative estimate of drug-likeness (QED) is 0.363. The Kier molecular flexibility index (Phi) is 5.62. The first-order chi connectivity index (χ1) is 14.7. The zero-order valence-corrected chi connectivity index (χ0v) is 16.0. The number of aromatic carboxylic acids is 1. The van der Waals surface area contributed by atoms with Crippen LogP contribution in [0.5, 0.6) is 23.0 Å². The van der Waals surface area contributed by atoms with E-state index in [1.165, 1.54) is 0 Å². The molecule has 4 aromatic carbocycles. The van der Waals surface area contributed by atoms with E-state index in [1.54, 1.807) is 42.5 Å². The van der Waals surface area contributed by atoms with Gasteiger partial charge in [-0.05, 0) is 36.4 Å². The largest absolute Gasteiger partial charge is 0.478 e. The summed E-state index contributed by atoms with van der Waals surface area (Å²) in [7, 11) is 0. The molecule has 0 saturated heterocycles. The third-order valence-electron chi connectivity index (χ3n) is 4.27. The van der Waals surface area contributed by atoms with Gasteiger partial charge in [0, 0.05) is 23.9 Å². The first-order valence-corrected chi connectivity index (χ1v) is 9.37. The van der Waals surface area contributed by atoms with Gasteiger partial charge in [0.2, 0.25) is 0 Å². The number of nitrogens with one attached hydrogen (secondary N) is 1. The lowest BCUT2D eigenvalue weighted by Crippen LogP contribution is -2.02. The maximum Gasteiger partial charge on any atom is 0.337 e. The fourth-order valence-electron chi connectivity index (χ4n) is 2.95. The van der Waals surface area contributed by atoms with E-state index < -0.39 is 5.97 Å². The number of hydrogen-bond acceptors (Lipinski definition) is 4. The van der Waals surface area contributed by atoms with E-state index in [4.69, 9.17) is 9.47 Å². The van der Waals surface area contributed by atoms with Crippen LogP contribution in [0.1, 0.15) is 10.4 Å². The predicted molar refractivity (Wildman–Crippen MR) is 116 cm³/mol. The number of benzene rings is 4. The van der Waals surface area contributed by atoms with Gasteiger partial charge >= 0.3 is 5.97 Å². The molecule has 0 heterocycles. The number of carbonyl (C=O) groups is 1. The van der Waals surface area contributed by atoms with Gasteiger partial charge in [-0.25, -0.2) is 4.79 Å². The summed E-state index contributed by atoms with van der Waals surface area (Å²) in [4.78, 5) is 11.5. The molecule has 0 aromatic heterocycles. The van der Waals surface area contributed by atoms with Crippen LogP contribution < -0.4 is 14.8 Å². The molecule has 0 aliphatic carbocycles. The summed E-state index contributed by atoms with van der Waals surface area (Å²) in [5, 5.41) is 12.6. The molecule has 0 aliphatic rings. The molecular weight excluding hydrogens is 378 g/mol. The minimum Gasteiger partial charge on any atom is -0.478 e. The van der Waals surface area contributed by atoms with Crippen LogP contribution in [0.15, 0.2) is 103 Å². The van der Waals surface area contributed by atoms with Crippen LogP contribution in [0.4, 0.5) is 11.4 Å². The highest BCUT2D eigenvalue weighted by atomic mass is 16.5. The Balaban J connectivity index is 1.69. The van der Waals surface area contributed by atoms with Crippen LogP contribution in [0.3, 0.4) is 0 Å². The number of carboxylic acids is 1. The van der Waals surface area contributed by atoms with Crippen LogP contribution >= 0.6 is 0 Å². The Morgan fingerprint density at radius 2 is 1.13 bits per heavy atom. The molecule has 0 bridgehead atoms. The first-order valence-electron chi connectivity index (χ1n) is 9.37. The molecule has 5 heteroatoms. The summed E-state index contributed by atoms with van der Waals surface area (Å²) in [6, 6.07) is 30.9. The molecule has 0 atom stereocenters. The average molecular weight is 397 g/mol. The van der Waals surface area contributed by atoms with E-state index in [9.17, 15) is 9.90 Å². The molecule has 0 fully saturated rings. The van der Waals surface area contributed by atoms with Crippen molar-refractivity contribution in [3.05, 3.63) is 109 Å². The second kappa shape index (κ2) is 8.84. The fraction of sp³-hybridized carbons (Fsp3) is 0. The smallest absolute Gasteiger partial charge is 0.337 e. The number of ether oxygens (including phenoxy) is 2. The van der Waals surface area contributed by atoms with Gasteiger partial charge in [0.1, 0.15) is 23.0 Å². The Morgan fingerprint density at radius 3 is 1.67 bits per heavy atom. The van der Waals surface area contributed by atoms with Gasteiger partial charge in [-0.3, -0.25) is 0 Å². The normalized spacial score (nSPS) is 10.3. The van der Waals surface area contributed by atoms with E-state index in [0.717, 1.165) is 0 Å². The topological polar surface area (TPSA) is 67.8 Å². The number of para-hydroxylation sites is 3. The van der Waals surface area contributed by atoms with Gasteiger partial charge < -0.3 is 19.9 Å². The van der Waals surface area contributed by atoms with Crippen LogP contribution in [-0.4, -0.2) is 11.1 Å². The number of anilines is 2. The third-order valence-corrected chi connectivity index (χ3v) is 4.27. The molecule has 0 spiro atoms. The van der Waals surface area contributed by atoms with Crippen LogP contribution in [0, 0.1) is 0 Å². The number of hydrogen-bond donors (Lipinski definition) is 2. The molecule has 4 rings (SSSR count). The zero-order valence-electron chi connectivity index (χ0n) is 16.0. The first kappa shape index (κ1) is 19.1. The summed E-state index contributed by atoms with van der Waals surface area (Å²) in [6.07, 6.45) is 0. The Morgan fingerprint density at radius 1 is 0.633 bits per heavy atom. The highest BCUT2D eigenvalue weighted by molar-refractivity contribution is 5.95. The summed E-state index contributed by atoms with van der Waals surface area (Å²) in [6.45, 7) is 0. The predicted octanol–water partition coefficient (Wildman–Crippen LogP) is 6.71. The van der Waals surface area contributed by atoms with Crippen molar-refractivity contribution in [2.45, 2.75) is 0 Å². The van der Waals surface area contributed by atoms with E-state index >= 15 is 0 Å². The summed E-state index contributed by atoms with van der Waals surface area (Å²) >= 11 is 0. The van der Waals surface area contributed by atoms with Gasteiger partial charge in [-0.15, -0.1) is 0 Å². The maximum atomic E-state index is 11.5. The minimum atomic E-state index is -1.00. The van der Waals surface area contributed by atoms with E-state index in [1.807, 2.05) is 60.7 Å². The van der Waals surface area contributed by atoms with E-state index in [2.05, 4.69) is 5.32 Å². The Bertz CT molecular complexity index is 1080. The summed E-state index contributed by atoms with van der Waals surface area (Å²) < 4.78 is 12.0. The number of carboxylic acid groups (broad SMARTS) is 1. The Labute approximate surface area is 174 Å². The average Bonchev–Trinajstić information content (AvgIpc) is 2.75. The lowest BCUT2D eigenvalue weighted by Gasteiger charge is -2.14. The van der Waals surface area contributed by atoms with Crippen molar-refractivity contribution in [1.29, 1.82) is 0 Å². The molecule has 148 valence electrons. The zero-order chi connectivity index (χ0) is 20.8. The highest BCUT2D eigenvalue weighted by Gasteiger charge is 2.11. The molecule has 0 amide bonds. The lowest BCUT2D eigenvalue weighted by molar-refractivity contribution is 0.0698. The highest BCUT2D eigenvalue weighted by Crippen LogP contribution is 2.34. The molecule has 4 aromatic rings. The molecule has 5 nitrogen and oxygen atoms in total. The molecule has 2 N–H and O–H groups in total. The van der Waals surface area contributed by atoms with Gasteiger partial charge in [0.05, 0.1) is 11.3 Å². The van der Waals surface area contributed by atoms with Crippen LogP contribution in [-0.2, 0) is 0 Å². The van der Waals surface area contributed by atoms with Crippen LogP contribution in [0.25, 0.3) is 0 Å². The second-order valence-corrected chi connectivity index (χ2v) is 6.50. The molecule has 30 heavy (non-hydrogen) atoms. The SMILES string of the molecule is O=C(O)c1ccccc1Nc1cc(Oc2ccccc2)cc(Oc2ccccc2)c1. The number of rotatable bonds is 7. The summed E-state index contributed by atoms with van der Waals surface area (Å²) in [5.74, 6) is 1.49. The van der Waals surface area contributed by atoms with Crippen molar-refractivity contribution in [2.24, 2.45) is 0 Å². The van der Waals surface area contributed by atoms with Gasteiger partial charge in [0.15, 0.2) is 0 Å². The van der Waals surface area contributed by atoms with E-state index in [-0.39, 0.29) is 5.56 Å². The van der Waals surface area contributed by atoms with Crippen molar-refractivity contribution in [2.75, 3.05) is 5.32 Å². The van der Waals surface area contributed by atoms with Crippen molar-refractivity contribution < 1.29 is 19.4 Å². The van der Waals surface area contributed by atoms with E-state index in [0.29, 0.717) is 34.4 Å². The lowest BCUT2D eigenvalue weighted by atomic mass is 10.1. The van der Waals surface area contributed by atoms with Crippen molar-refractivity contribution >= 4 is 17.3 Å². The van der Waals surface area contributed by atoms with Crippen molar-refractivity contribution in [3.63, 3.8) is 0 Å². The third kappa shape index (κ3) is 4.77. The summed E-state index contributed by atoms with van der Waals surface area (Å²) in [5.41, 5.74) is 1.30. The van der Waals surface area contributed by atoms with Gasteiger partial charge in [-0.2, -0.15) is 0 Å². The van der Waals surface area contributed by atoms with Gasteiger partial charge in [0.25, 0.3) is 0 Å². The fourth-order valence-corrected chi connectivity index (χ4v) is 2.95. The van der Waals surface area contributed by atoms with Gasteiger partial charge in [-0.1, -0.05) is 48.5 Å². The maximum absolute atomic E-state index is 11.5. The molecule has 0 aliphatic heterocycles.